The zero-order valence-corrected chi connectivity index (χ0v) is 14.5. The first-order chi connectivity index (χ1) is 11.6. The molecule has 2 aromatic carbocycles. The Morgan fingerprint density at radius 2 is 1.79 bits per heavy atom. The number of hydrogen-bond donors (Lipinski definition) is 1. The van der Waals surface area contributed by atoms with Crippen molar-refractivity contribution in [3.8, 4) is 11.5 Å². The van der Waals surface area contributed by atoms with Crippen molar-refractivity contribution in [2.45, 2.75) is 39.3 Å². The van der Waals surface area contributed by atoms with Crippen LogP contribution in [-0.4, -0.2) is 19.1 Å². The van der Waals surface area contributed by atoms with Gasteiger partial charge in [-0.15, -0.1) is 0 Å². The Morgan fingerprint density at radius 3 is 2.46 bits per heavy atom. The van der Waals surface area contributed by atoms with E-state index in [-0.39, 0.29) is 12.0 Å². The van der Waals surface area contributed by atoms with Crippen molar-refractivity contribution in [1.82, 2.24) is 5.32 Å². The van der Waals surface area contributed by atoms with E-state index < -0.39 is 0 Å². The van der Waals surface area contributed by atoms with Gasteiger partial charge in [-0.25, -0.2) is 0 Å². The average molecular weight is 327 g/mol. The topological polar surface area (TPSA) is 47.6 Å². The zero-order chi connectivity index (χ0) is 17.4. The Bertz CT molecular complexity index is 650. The fourth-order valence-electron chi connectivity index (χ4n) is 2.33. The molecule has 0 saturated heterocycles. The molecule has 0 aliphatic rings. The van der Waals surface area contributed by atoms with E-state index >= 15 is 0 Å². The summed E-state index contributed by atoms with van der Waals surface area (Å²) < 4.78 is 10.8. The van der Waals surface area contributed by atoms with E-state index in [0.29, 0.717) is 19.4 Å². The maximum absolute atomic E-state index is 12.0. The second-order valence-corrected chi connectivity index (χ2v) is 5.94. The Labute approximate surface area is 143 Å². The van der Waals surface area contributed by atoms with Crippen molar-refractivity contribution in [2.75, 3.05) is 7.11 Å². The van der Waals surface area contributed by atoms with Gasteiger partial charge >= 0.3 is 0 Å². The summed E-state index contributed by atoms with van der Waals surface area (Å²) in [6.45, 7) is 4.52. The van der Waals surface area contributed by atoms with E-state index in [1.807, 2.05) is 62.4 Å². The van der Waals surface area contributed by atoms with Crippen LogP contribution in [0.5, 0.6) is 11.5 Å². The molecule has 0 aromatic heterocycles. The van der Waals surface area contributed by atoms with E-state index in [9.17, 15) is 4.79 Å². The third kappa shape index (κ3) is 5.95. The van der Waals surface area contributed by atoms with Gasteiger partial charge in [-0.05, 0) is 55.7 Å². The first kappa shape index (κ1) is 17.9. The molecule has 4 nitrogen and oxygen atoms in total. The van der Waals surface area contributed by atoms with E-state index in [1.165, 1.54) is 0 Å². The number of amides is 1. The standard InChI is InChI=1S/C20H25NO3/c1-15(2)24-18-10-7-17(8-11-18)14-21-20(22)12-9-16-5-4-6-19(13-16)23-3/h4-8,10-11,13,15H,9,12,14H2,1-3H3,(H,21,22). The SMILES string of the molecule is COc1cccc(CCC(=O)NCc2ccc(OC(C)C)cc2)c1. The number of ether oxygens (including phenoxy) is 2. The van der Waals surface area contributed by atoms with Gasteiger partial charge in [0, 0.05) is 13.0 Å². The van der Waals surface area contributed by atoms with E-state index in [0.717, 1.165) is 22.6 Å². The zero-order valence-electron chi connectivity index (χ0n) is 14.5. The number of aryl methyl sites for hydroxylation is 1. The van der Waals surface area contributed by atoms with Crippen LogP contribution in [0.2, 0.25) is 0 Å². The predicted octanol–water partition coefficient (Wildman–Crippen LogP) is 3.73. The molecule has 2 aromatic rings. The van der Waals surface area contributed by atoms with Crippen molar-refractivity contribution in [3.05, 3.63) is 59.7 Å². The van der Waals surface area contributed by atoms with Gasteiger partial charge in [0.1, 0.15) is 11.5 Å². The molecule has 0 unspecified atom stereocenters. The van der Waals surface area contributed by atoms with Crippen LogP contribution in [0, 0.1) is 0 Å². The minimum Gasteiger partial charge on any atom is -0.497 e. The quantitative estimate of drug-likeness (QED) is 0.803. The summed E-state index contributed by atoms with van der Waals surface area (Å²) in [4.78, 5) is 12.0. The van der Waals surface area contributed by atoms with Crippen LogP contribution in [0.1, 0.15) is 31.4 Å². The monoisotopic (exact) mass is 327 g/mol. The molecule has 0 saturated carbocycles. The van der Waals surface area contributed by atoms with Crippen LogP contribution in [0.4, 0.5) is 0 Å². The molecule has 4 heteroatoms. The highest BCUT2D eigenvalue weighted by atomic mass is 16.5. The van der Waals surface area contributed by atoms with E-state index in [4.69, 9.17) is 9.47 Å². The second kappa shape index (κ2) is 8.96. The van der Waals surface area contributed by atoms with Crippen molar-refractivity contribution in [2.24, 2.45) is 0 Å². The predicted molar refractivity (Wildman–Crippen MR) is 95.4 cm³/mol. The molecule has 1 N–H and O–H groups in total. The molecule has 0 heterocycles. The normalized spacial score (nSPS) is 10.5. The molecule has 0 spiro atoms. The lowest BCUT2D eigenvalue weighted by Gasteiger charge is -2.10. The van der Waals surface area contributed by atoms with Gasteiger partial charge in [0.2, 0.25) is 5.91 Å². The highest BCUT2D eigenvalue weighted by molar-refractivity contribution is 5.76. The second-order valence-electron chi connectivity index (χ2n) is 5.94. The molecule has 0 aliphatic carbocycles. The third-order valence-corrected chi connectivity index (χ3v) is 3.56. The minimum absolute atomic E-state index is 0.0420. The lowest BCUT2D eigenvalue weighted by Crippen LogP contribution is -2.23. The van der Waals surface area contributed by atoms with Gasteiger partial charge in [0.25, 0.3) is 0 Å². The molecule has 0 bridgehead atoms. The number of nitrogens with one attached hydrogen (secondary N) is 1. The minimum atomic E-state index is 0.0420. The molecule has 128 valence electrons. The number of carbonyl (C=O) groups is 1. The van der Waals surface area contributed by atoms with Gasteiger partial charge in [-0.2, -0.15) is 0 Å². The summed E-state index contributed by atoms with van der Waals surface area (Å²) in [5.41, 5.74) is 2.15. The summed E-state index contributed by atoms with van der Waals surface area (Å²) >= 11 is 0. The fraction of sp³-hybridized carbons (Fsp3) is 0.350. The number of rotatable bonds is 8. The Kier molecular flexibility index (Phi) is 6.67. The van der Waals surface area contributed by atoms with Crippen molar-refractivity contribution >= 4 is 5.91 Å². The summed E-state index contributed by atoms with van der Waals surface area (Å²) in [5.74, 6) is 1.70. The molecule has 2 rings (SSSR count). The molecule has 0 atom stereocenters. The van der Waals surface area contributed by atoms with Gasteiger partial charge in [0.15, 0.2) is 0 Å². The van der Waals surface area contributed by atoms with Crippen molar-refractivity contribution < 1.29 is 14.3 Å². The Hall–Kier alpha value is -2.49. The summed E-state index contributed by atoms with van der Waals surface area (Å²) in [7, 11) is 1.64. The van der Waals surface area contributed by atoms with Crippen LogP contribution in [-0.2, 0) is 17.8 Å². The maximum Gasteiger partial charge on any atom is 0.220 e. The third-order valence-electron chi connectivity index (χ3n) is 3.56. The summed E-state index contributed by atoms with van der Waals surface area (Å²) in [6.07, 6.45) is 1.32. The van der Waals surface area contributed by atoms with Crippen molar-refractivity contribution in [3.63, 3.8) is 0 Å². The molecular weight excluding hydrogens is 302 g/mol. The molecule has 0 aliphatic heterocycles. The highest BCUT2D eigenvalue weighted by Crippen LogP contribution is 2.15. The number of hydrogen-bond acceptors (Lipinski definition) is 3. The molecule has 0 fully saturated rings. The first-order valence-corrected chi connectivity index (χ1v) is 8.22. The average Bonchev–Trinajstić information content (AvgIpc) is 2.59. The van der Waals surface area contributed by atoms with Crippen LogP contribution >= 0.6 is 0 Å². The lowest BCUT2D eigenvalue weighted by molar-refractivity contribution is -0.121. The van der Waals surface area contributed by atoms with E-state index in [1.54, 1.807) is 7.11 Å². The van der Waals surface area contributed by atoms with Crippen LogP contribution in [0.15, 0.2) is 48.5 Å². The van der Waals surface area contributed by atoms with Crippen molar-refractivity contribution in [1.29, 1.82) is 0 Å². The Morgan fingerprint density at radius 1 is 1.04 bits per heavy atom. The fourth-order valence-corrected chi connectivity index (χ4v) is 2.33. The van der Waals surface area contributed by atoms with Crippen LogP contribution in [0.25, 0.3) is 0 Å². The molecular formula is C20H25NO3. The Balaban J connectivity index is 1.76. The molecule has 24 heavy (non-hydrogen) atoms. The largest absolute Gasteiger partial charge is 0.497 e. The highest BCUT2D eigenvalue weighted by Gasteiger charge is 2.04. The van der Waals surface area contributed by atoms with Gasteiger partial charge in [-0.1, -0.05) is 24.3 Å². The number of benzene rings is 2. The van der Waals surface area contributed by atoms with Crippen LogP contribution in [0.3, 0.4) is 0 Å². The molecule has 0 radical (unpaired) electrons. The molecule has 1 amide bonds. The number of carbonyl (C=O) groups excluding carboxylic acids is 1. The van der Waals surface area contributed by atoms with Gasteiger partial charge in [0.05, 0.1) is 13.2 Å². The van der Waals surface area contributed by atoms with Crippen LogP contribution < -0.4 is 14.8 Å². The first-order valence-electron chi connectivity index (χ1n) is 8.22. The smallest absolute Gasteiger partial charge is 0.220 e. The maximum atomic E-state index is 12.0. The summed E-state index contributed by atoms with van der Waals surface area (Å²) in [6, 6.07) is 15.6. The summed E-state index contributed by atoms with van der Waals surface area (Å²) in [5, 5.41) is 2.95. The van der Waals surface area contributed by atoms with Gasteiger partial charge in [-0.3, -0.25) is 4.79 Å². The number of methoxy groups -OCH3 is 1. The van der Waals surface area contributed by atoms with Gasteiger partial charge < -0.3 is 14.8 Å². The van der Waals surface area contributed by atoms with E-state index in [2.05, 4.69) is 5.32 Å². The lowest BCUT2D eigenvalue weighted by atomic mass is 10.1.